The fourth-order valence-corrected chi connectivity index (χ4v) is 4.52. The summed E-state index contributed by atoms with van der Waals surface area (Å²) >= 11 is 0. The summed E-state index contributed by atoms with van der Waals surface area (Å²) in [6.07, 6.45) is 6.46. The summed E-state index contributed by atoms with van der Waals surface area (Å²) in [5.41, 5.74) is 1.04. The molecule has 0 radical (unpaired) electrons. The molecule has 1 saturated carbocycles. The number of hydrogen-bond donors (Lipinski definition) is 3. The maximum Gasteiger partial charge on any atom is 0.191 e. The second-order valence-corrected chi connectivity index (χ2v) is 8.49. The summed E-state index contributed by atoms with van der Waals surface area (Å²) in [7, 11) is 1.63. The first-order valence-electron chi connectivity index (χ1n) is 11.3. The molecule has 0 unspecified atom stereocenters. The Balaban J connectivity index is 0.00000341. The van der Waals surface area contributed by atoms with Crippen molar-refractivity contribution in [3.05, 3.63) is 23.8 Å². The number of rotatable bonds is 8. The highest BCUT2D eigenvalue weighted by Gasteiger charge is 2.34. The van der Waals surface area contributed by atoms with Crippen LogP contribution in [0.5, 0.6) is 11.5 Å². The Kier molecular flexibility index (Phi) is 11.2. The number of phenolic OH excluding ortho intramolecular Hbond substituents is 1. The second kappa shape index (κ2) is 13.3. The molecule has 2 fully saturated rings. The van der Waals surface area contributed by atoms with Gasteiger partial charge >= 0.3 is 0 Å². The number of guanidine groups is 1. The van der Waals surface area contributed by atoms with Crippen molar-refractivity contribution < 1.29 is 14.6 Å². The Labute approximate surface area is 204 Å². The maximum absolute atomic E-state index is 10.1. The van der Waals surface area contributed by atoms with E-state index in [0.29, 0.717) is 6.54 Å². The van der Waals surface area contributed by atoms with E-state index in [4.69, 9.17) is 14.5 Å². The number of aliphatic imine (C=N–C) groups is 1. The summed E-state index contributed by atoms with van der Waals surface area (Å²) < 4.78 is 10.8. The summed E-state index contributed by atoms with van der Waals surface area (Å²) in [4.78, 5) is 7.29. The molecule has 1 aromatic rings. The number of methoxy groups -OCH3 is 1. The van der Waals surface area contributed by atoms with E-state index in [2.05, 4.69) is 22.5 Å². The number of halogens is 1. The van der Waals surface area contributed by atoms with Crippen LogP contribution < -0.4 is 15.4 Å². The second-order valence-electron chi connectivity index (χ2n) is 8.49. The minimum absolute atomic E-state index is 0. The van der Waals surface area contributed by atoms with E-state index in [9.17, 15) is 5.11 Å². The van der Waals surface area contributed by atoms with Gasteiger partial charge in [-0.3, -0.25) is 4.90 Å². The molecule has 1 aromatic carbocycles. The van der Waals surface area contributed by atoms with Crippen LogP contribution in [0.2, 0.25) is 0 Å². The highest BCUT2D eigenvalue weighted by Crippen LogP contribution is 2.36. The van der Waals surface area contributed by atoms with Crippen molar-refractivity contribution >= 4 is 29.9 Å². The van der Waals surface area contributed by atoms with Gasteiger partial charge in [0.1, 0.15) is 11.5 Å². The fraction of sp³-hybridized carbons (Fsp3) is 0.696. The van der Waals surface area contributed by atoms with Gasteiger partial charge in [-0.25, -0.2) is 4.99 Å². The van der Waals surface area contributed by atoms with Crippen LogP contribution in [0, 0.1) is 5.41 Å². The van der Waals surface area contributed by atoms with Crippen molar-refractivity contribution in [2.24, 2.45) is 10.4 Å². The lowest BCUT2D eigenvalue weighted by Crippen LogP contribution is -2.51. The first kappa shape index (κ1) is 26.0. The first-order valence-corrected chi connectivity index (χ1v) is 11.3. The standard InChI is InChI=1S/C23H38N4O3.HI/c1-3-24-22(25-16-19-15-20(29-2)7-8-21(19)28)26-17-23(9-5-4-6-10-23)18-27-11-13-30-14-12-27;/h7-8,15,28H,3-6,9-14,16-18H2,1-2H3,(H2,24,25,26);1H. The van der Waals surface area contributed by atoms with E-state index >= 15 is 0 Å². The Morgan fingerprint density at radius 1 is 1.19 bits per heavy atom. The van der Waals surface area contributed by atoms with Crippen LogP contribution in [0.4, 0.5) is 0 Å². The van der Waals surface area contributed by atoms with Crippen LogP contribution in [0.1, 0.15) is 44.6 Å². The zero-order valence-electron chi connectivity index (χ0n) is 19.0. The number of morpholine rings is 1. The Morgan fingerprint density at radius 2 is 1.94 bits per heavy atom. The van der Waals surface area contributed by atoms with Gasteiger partial charge in [-0.2, -0.15) is 0 Å². The van der Waals surface area contributed by atoms with Crippen molar-refractivity contribution in [3.63, 3.8) is 0 Å². The van der Waals surface area contributed by atoms with Crippen molar-refractivity contribution in [1.29, 1.82) is 0 Å². The van der Waals surface area contributed by atoms with Crippen LogP contribution in [0.3, 0.4) is 0 Å². The molecule has 0 aromatic heterocycles. The van der Waals surface area contributed by atoms with Crippen LogP contribution in [-0.2, 0) is 11.3 Å². The molecule has 176 valence electrons. The molecule has 1 aliphatic heterocycles. The monoisotopic (exact) mass is 546 g/mol. The smallest absolute Gasteiger partial charge is 0.191 e. The SMILES string of the molecule is CCNC(=NCc1cc(OC)ccc1O)NCC1(CN2CCOCC2)CCCCC1.I. The predicted molar refractivity (Wildman–Crippen MR) is 136 cm³/mol. The zero-order chi connectivity index (χ0) is 21.2. The molecule has 0 bridgehead atoms. The third-order valence-electron chi connectivity index (χ3n) is 6.25. The van der Waals surface area contributed by atoms with Gasteiger partial charge in [0.25, 0.3) is 0 Å². The number of ether oxygens (including phenoxy) is 2. The van der Waals surface area contributed by atoms with Crippen LogP contribution >= 0.6 is 24.0 Å². The fourth-order valence-electron chi connectivity index (χ4n) is 4.52. The quantitative estimate of drug-likeness (QED) is 0.264. The van der Waals surface area contributed by atoms with E-state index in [1.165, 1.54) is 32.1 Å². The van der Waals surface area contributed by atoms with Crippen LogP contribution in [-0.4, -0.2) is 69.0 Å². The van der Waals surface area contributed by atoms with E-state index in [1.807, 2.05) is 6.07 Å². The van der Waals surface area contributed by atoms with Gasteiger partial charge < -0.3 is 25.2 Å². The Hall–Kier alpha value is -1.26. The number of phenols is 1. The largest absolute Gasteiger partial charge is 0.508 e. The number of benzene rings is 1. The molecule has 1 heterocycles. The summed E-state index contributed by atoms with van der Waals surface area (Å²) in [5.74, 6) is 1.76. The van der Waals surface area contributed by atoms with Gasteiger partial charge in [0.2, 0.25) is 0 Å². The highest BCUT2D eigenvalue weighted by molar-refractivity contribution is 14.0. The van der Waals surface area contributed by atoms with Crippen molar-refractivity contribution in [2.45, 2.75) is 45.6 Å². The normalized spacial score (nSPS) is 19.4. The third-order valence-corrected chi connectivity index (χ3v) is 6.25. The van der Waals surface area contributed by atoms with Crippen molar-refractivity contribution in [3.8, 4) is 11.5 Å². The lowest BCUT2D eigenvalue weighted by atomic mass is 9.73. The summed E-state index contributed by atoms with van der Waals surface area (Å²) in [6.45, 7) is 9.07. The average Bonchev–Trinajstić information content (AvgIpc) is 2.78. The molecule has 0 atom stereocenters. The lowest BCUT2D eigenvalue weighted by molar-refractivity contribution is 0.00820. The van der Waals surface area contributed by atoms with Gasteiger partial charge in [0, 0.05) is 43.7 Å². The van der Waals surface area contributed by atoms with Gasteiger partial charge in [-0.15, -0.1) is 24.0 Å². The predicted octanol–water partition coefficient (Wildman–Crippen LogP) is 3.36. The Morgan fingerprint density at radius 3 is 2.61 bits per heavy atom. The summed E-state index contributed by atoms with van der Waals surface area (Å²) in [6, 6.07) is 5.25. The van der Waals surface area contributed by atoms with Gasteiger partial charge in [0.05, 0.1) is 26.9 Å². The first-order chi connectivity index (χ1) is 14.6. The topological polar surface area (TPSA) is 78.4 Å². The average molecular weight is 546 g/mol. The van der Waals surface area contributed by atoms with Crippen molar-refractivity contribution in [1.82, 2.24) is 15.5 Å². The number of aromatic hydroxyl groups is 1. The molecular formula is C23H39IN4O3. The number of nitrogens with one attached hydrogen (secondary N) is 2. The van der Waals surface area contributed by atoms with Crippen LogP contribution in [0.25, 0.3) is 0 Å². The molecule has 1 saturated heterocycles. The van der Waals surface area contributed by atoms with Gasteiger partial charge in [-0.1, -0.05) is 19.3 Å². The van der Waals surface area contributed by atoms with E-state index in [0.717, 1.165) is 63.2 Å². The molecule has 8 heteroatoms. The molecule has 3 rings (SSSR count). The van der Waals surface area contributed by atoms with Crippen LogP contribution in [0.15, 0.2) is 23.2 Å². The molecule has 7 nitrogen and oxygen atoms in total. The van der Waals surface area contributed by atoms with Crippen molar-refractivity contribution in [2.75, 3.05) is 53.0 Å². The minimum Gasteiger partial charge on any atom is -0.508 e. The maximum atomic E-state index is 10.1. The van der Waals surface area contributed by atoms with Gasteiger partial charge in [0.15, 0.2) is 5.96 Å². The number of hydrogen-bond acceptors (Lipinski definition) is 5. The van der Waals surface area contributed by atoms with E-state index in [1.54, 1.807) is 19.2 Å². The minimum atomic E-state index is 0. The molecule has 2 aliphatic rings. The third kappa shape index (κ3) is 7.98. The Bertz CT molecular complexity index is 689. The highest BCUT2D eigenvalue weighted by atomic mass is 127. The molecule has 3 N–H and O–H groups in total. The molecular weight excluding hydrogens is 507 g/mol. The molecule has 0 amide bonds. The zero-order valence-corrected chi connectivity index (χ0v) is 21.3. The lowest BCUT2D eigenvalue weighted by Gasteiger charge is -2.42. The van der Waals surface area contributed by atoms with Gasteiger partial charge in [-0.05, 0) is 38.0 Å². The number of nitrogens with zero attached hydrogens (tertiary/aromatic N) is 2. The molecule has 31 heavy (non-hydrogen) atoms. The summed E-state index contributed by atoms with van der Waals surface area (Å²) in [5, 5.41) is 17.1. The molecule has 0 spiro atoms. The van der Waals surface area contributed by atoms with E-state index < -0.39 is 0 Å². The van der Waals surface area contributed by atoms with E-state index in [-0.39, 0.29) is 35.1 Å². The molecule has 1 aliphatic carbocycles.